The van der Waals surface area contributed by atoms with Crippen LogP contribution in [0.2, 0.25) is 0 Å². The van der Waals surface area contributed by atoms with Gasteiger partial charge in [-0.05, 0) is 32.8 Å². The van der Waals surface area contributed by atoms with E-state index in [2.05, 4.69) is 18.1 Å². The smallest absolute Gasteiger partial charge is 0.178 e. The summed E-state index contributed by atoms with van der Waals surface area (Å²) in [6.07, 6.45) is 4.20. The molecule has 4 nitrogen and oxygen atoms in total. The van der Waals surface area contributed by atoms with Crippen molar-refractivity contribution in [1.82, 2.24) is 9.47 Å². The lowest BCUT2D eigenvalue weighted by molar-refractivity contribution is 0.0924. The zero-order valence-electron chi connectivity index (χ0n) is 12.4. The van der Waals surface area contributed by atoms with Gasteiger partial charge in [0.1, 0.15) is 0 Å². The van der Waals surface area contributed by atoms with Gasteiger partial charge in [0.15, 0.2) is 5.78 Å². The minimum Gasteiger partial charge on any atom is -0.395 e. The third-order valence-electron chi connectivity index (χ3n) is 3.87. The molecule has 1 saturated carbocycles. The van der Waals surface area contributed by atoms with Crippen molar-refractivity contribution in [3.63, 3.8) is 0 Å². The molecule has 1 aromatic heterocycles. The molecule has 2 rings (SSSR count). The van der Waals surface area contributed by atoms with Gasteiger partial charge in [0.05, 0.1) is 13.2 Å². The second-order valence-corrected chi connectivity index (χ2v) is 5.56. The summed E-state index contributed by atoms with van der Waals surface area (Å²) in [7, 11) is 0. The Bertz CT molecular complexity index is 501. The molecule has 0 amide bonds. The predicted molar refractivity (Wildman–Crippen MR) is 80.2 cm³/mol. The van der Waals surface area contributed by atoms with E-state index in [9.17, 15) is 4.79 Å². The molecule has 1 fully saturated rings. The number of carbonyl (C=O) groups is 1. The van der Waals surface area contributed by atoms with Gasteiger partial charge >= 0.3 is 0 Å². The Morgan fingerprint density at radius 2 is 2.25 bits per heavy atom. The molecular weight excluding hydrogens is 252 g/mol. The molecule has 0 atom stereocenters. The number of hydrogen-bond donors (Lipinski definition) is 1. The van der Waals surface area contributed by atoms with E-state index >= 15 is 0 Å². The summed E-state index contributed by atoms with van der Waals surface area (Å²) in [6, 6.07) is 2.60. The number of aliphatic hydroxyl groups is 1. The van der Waals surface area contributed by atoms with E-state index in [0.29, 0.717) is 25.7 Å². The highest BCUT2D eigenvalue weighted by molar-refractivity contribution is 5.99. The van der Waals surface area contributed by atoms with Gasteiger partial charge in [-0.2, -0.15) is 0 Å². The van der Waals surface area contributed by atoms with E-state index in [1.807, 2.05) is 17.9 Å². The fourth-order valence-corrected chi connectivity index (χ4v) is 2.80. The van der Waals surface area contributed by atoms with Crippen molar-refractivity contribution in [2.45, 2.75) is 32.7 Å². The molecule has 0 spiro atoms. The summed E-state index contributed by atoms with van der Waals surface area (Å²) >= 11 is 0. The van der Waals surface area contributed by atoms with Crippen molar-refractivity contribution in [2.24, 2.45) is 0 Å². The van der Waals surface area contributed by atoms with E-state index in [-0.39, 0.29) is 12.4 Å². The third-order valence-corrected chi connectivity index (χ3v) is 3.87. The highest BCUT2D eigenvalue weighted by Crippen LogP contribution is 2.38. The van der Waals surface area contributed by atoms with Crippen molar-refractivity contribution >= 4 is 5.78 Å². The standard InChI is InChI=1S/C16H24N2O2/c1-4-7-17(8-9-19)11-16(20)15-10-12(2)18(13(15)3)14-5-6-14/h4,10,14,19H,1,5-9,11H2,2-3H3. The summed E-state index contributed by atoms with van der Waals surface area (Å²) in [5, 5.41) is 9.04. The molecule has 0 aliphatic heterocycles. The molecule has 0 unspecified atom stereocenters. The van der Waals surface area contributed by atoms with E-state index in [1.165, 1.54) is 18.5 Å². The van der Waals surface area contributed by atoms with Gasteiger partial charge in [-0.25, -0.2) is 0 Å². The molecule has 1 aliphatic rings. The molecule has 0 aromatic carbocycles. The minimum absolute atomic E-state index is 0.0578. The Balaban J connectivity index is 2.12. The van der Waals surface area contributed by atoms with Crippen LogP contribution in [0.4, 0.5) is 0 Å². The van der Waals surface area contributed by atoms with Gasteiger partial charge in [0.25, 0.3) is 0 Å². The number of aryl methyl sites for hydroxylation is 1. The molecule has 1 aliphatic carbocycles. The maximum Gasteiger partial charge on any atom is 0.178 e. The molecule has 1 heterocycles. The first kappa shape index (κ1) is 15.0. The molecule has 110 valence electrons. The quantitative estimate of drug-likeness (QED) is 0.584. The Morgan fingerprint density at radius 1 is 1.55 bits per heavy atom. The largest absolute Gasteiger partial charge is 0.395 e. The normalized spacial score (nSPS) is 14.8. The molecule has 1 aromatic rings. The van der Waals surface area contributed by atoms with Crippen LogP contribution in [-0.2, 0) is 0 Å². The van der Waals surface area contributed by atoms with Crippen LogP contribution in [0.1, 0.15) is 40.6 Å². The number of Topliss-reactive ketones (excluding diaryl/α,β-unsaturated/α-hetero) is 1. The van der Waals surface area contributed by atoms with Gasteiger partial charge in [-0.15, -0.1) is 6.58 Å². The average molecular weight is 276 g/mol. The van der Waals surface area contributed by atoms with Crippen LogP contribution in [0.15, 0.2) is 18.7 Å². The van der Waals surface area contributed by atoms with Gasteiger partial charge in [-0.1, -0.05) is 6.08 Å². The van der Waals surface area contributed by atoms with Crippen molar-refractivity contribution in [3.05, 3.63) is 35.7 Å². The SMILES string of the molecule is C=CCN(CCO)CC(=O)c1cc(C)n(C2CC2)c1C. The zero-order chi connectivity index (χ0) is 14.7. The fourth-order valence-electron chi connectivity index (χ4n) is 2.80. The highest BCUT2D eigenvalue weighted by atomic mass is 16.3. The van der Waals surface area contributed by atoms with Crippen LogP contribution in [-0.4, -0.2) is 46.6 Å². The van der Waals surface area contributed by atoms with E-state index in [0.717, 1.165) is 11.3 Å². The fraction of sp³-hybridized carbons (Fsp3) is 0.562. The Labute approximate surface area is 120 Å². The van der Waals surface area contributed by atoms with Crippen molar-refractivity contribution in [3.8, 4) is 0 Å². The van der Waals surface area contributed by atoms with Crippen LogP contribution in [0.25, 0.3) is 0 Å². The number of carbonyl (C=O) groups excluding carboxylic acids is 1. The summed E-state index contributed by atoms with van der Waals surface area (Å²) < 4.78 is 2.29. The molecule has 20 heavy (non-hydrogen) atoms. The molecule has 0 bridgehead atoms. The number of aromatic nitrogens is 1. The van der Waals surface area contributed by atoms with Crippen LogP contribution >= 0.6 is 0 Å². The second kappa shape index (κ2) is 6.37. The van der Waals surface area contributed by atoms with Crippen LogP contribution in [0, 0.1) is 13.8 Å². The summed E-state index contributed by atoms with van der Waals surface area (Å²) in [6.45, 7) is 9.30. The summed E-state index contributed by atoms with van der Waals surface area (Å²) in [5.41, 5.74) is 3.07. The lowest BCUT2D eigenvalue weighted by Gasteiger charge is -2.18. The van der Waals surface area contributed by atoms with Crippen LogP contribution in [0.3, 0.4) is 0 Å². The van der Waals surface area contributed by atoms with Crippen molar-refractivity contribution < 1.29 is 9.90 Å². The predicted octanol–water partition coefficient (Wildman–Crippen LogP) is 2.10. The first-order chi connectivity index (χ1) is 9.58. The van der Waals surface area contributed by atoms with E-state index in [1.54, 1.807) is 6.08 Å². The number of ketones is 1. The van der Waals surface area contributed by atoms with Crippen molar-refractivity contribution in [1.29, 1.82) is 0 Å². The van der Waals surface area contributed by atoms with Crippen molar-refractivity contribution in [2.75, 3.05) is 26.2 Å². The Morgan fingerprint density at radius 3 is 2.80 bits per heavy atom. The van der Waals surface area contributed by atoms with Gasteiger partial charge in [0.2, 0.25) is 0 Å². The lowest BCUT2D eigenvalue weighted by Crippen LogP contribution is -2.32. The first-order valence-electron chi connectivity index (χ1n) is 7.24. The highest BCUT2D eigenvalue weighted by Gasteiger charge is 2.28. The van der Waals surface area contributed by atoms with Gasteiger partial charge in [0, 0.05) is 36.1 Å². The maximum absolute atomic E-state index is 12.5. The topological polar surface area (TPSA) is 45.5 Å². The third kappa shape index (κ3) is 3.19. The number of nitrogens with zero attached hydrogens (tertiary/aromatic N) is 2. The summed E-state index contributed by atoms with van der Waals surface area (Å²) in [5.74, 6) is 0.125. The molecular formula is C16H24N2O2. The molecule has 0 radical (unpaired) electrons. The minimum atomic E-state index is 0.0578. The Hall–Kier alpha value is -1.39. The van der Waals surface area contributed by atoms with E-state index < -0.39 is 0 Å². The van der Waals surface area contributed by atoms with Gasteiger partial charge < -0.3 is 9.67 Å². The molecule has 1 N–H and O–H groups in total. The van der Waals surface area contributed by atoms with Gasteiger partial charge in [-0.3, -0.25) is 9.69 Å². The molecule has 4 heteroatoms. The summed E-state index contributed by atoms with van der Waals surface area (Å²) in [4.78, 5) is 14.4. The number of rotatable bonds is 8. The number of aliphatic hydroxyl groups excluding tert-OH is 1. The number of hydrogen-bond acceptors (Lipinski definition) is 3. The lowest BCUT2D eigenvalue weighted by atomic mass is 10.1. The van der Waals surface area contributed by atoms with E-state index in [4.69, 9.17) is 5.11 Å². The van der Waals surface area contributed by atoms with Crippen LogP contribution < -0.4 is 0 Å². The maximum atomic E-state index is 12.5. The monoisotopic (exact) mass is 276 g/mol. The second-order valence-electron chi connectivity index (χ2n) is 5.56. The average Bonchev–Trinajstić information content (AvgIpc) is 3.16. The van der Waals surface area contributed by atoms with Crippen LogP contribution in [0.5, 0.6) is 0 Å². The molecule has 0 saturated heterocycles. The first-order valence-corrected chi connectivity index (χ1v) is 7.24. The Kier molecular flexibility index (Phi) is 4.78. The zero-order valence-corrected chi connectivity index (χ0v) is 12.4.